The number of aromatic nitrogens is 2. The van der Waals surface area contributed by atoms with Gasteiger partial charge in [-0.2, -0.15) is 19.1 Å². The average molecular weight is 354 g/mol. The van der Waals surface area contributed by atoms with Crippen molar-refractivity contribution < 1.29 is 13.2 Å². The molecule has 4 rings (SSSR count). The van der Waals surface area contributed by atoms with E-state index in [-0.39, 0.29) is 17.0 Å². The Bertz CT molecular complexity index is 1120. The maximum atomic E-state index is 14.9. The van der Waals surface area contributed by atoms with Gasteiger partial charge in [-0.1, -0.05) is 12.1 Å². The van der Waals surface area contributed by atoms with E-state index in [9.17, 15) is 18.4 Å². The molecule has 3 aromatic rings. The Morgan fingerprint density at radius 1 is 1.12 bits per heavy atom. The van der Waals surface area contributed by atoms with Crippen LogP contribution >= 0.6 is 0 Å². The summed E-state index contributed by atoms with van der Waals surface area (Å²) in [6.07, 6.45) is 1.52. The highest BCUT2D eigenvalue weighted by molar-refractivity contribution is 6.18. The minimum Gasteiger partial charge on any atom is -0.271 e. The fourth-order valence-corrected chi connectivity index (χ4v) is 3.27. The van der Waals surface area contributed by atoms with Gasteiger partial charge in [0.2, 0.25) is 0 Å². The SMILES string of the molecule is CC1(C)N=C(c2cc(C#N)n3ncccc23)c2cccc(F)c2C1(F)F. The number of fused-ring (bicyclic) bond motifs is 2. The van der Waals surface area contributed by atoms with E-state index in [4.69, 9.17) is 0 Å². The molecule has 7 heteroatoms. The standard InChI is InChI=1S/C19H13F3N4/c1-18(2)19(21,22)16-12(5-3-6-14(16)20)17(25-18)13-9-11(10-23)26-15(13)7-4-8-24-26/h3-9H,1-2H3. The highest BCUT2D eigenvalue weighted by Crippen LogP contribution is 2.48. The van der Waals surface area contributed by atoms with Crippen molar-refractivity contribution in [3.05, 3.63) is 70.8 Å². The first-order valence-electron chi connectivity index (χ1n) is 7.92. The van der Waals surface area contributed by atoms with Crippen LogP contribution in [-0.4, -0.2) is 20.9 Å². The first-order valence-corrected chi connectivity index (χ1v) is 7.92. The zero-order chi connectivity index (χ0) is 18.7. The molecule has 1 aliphatic rings. The molecule has 0 saturated heterocycles. The number of nitrogens with zero attached hydrogens (tertiary/aromatic N) is 4. The summed E-state index contributed by atoms with van der Waals surface area (Å²) >= 11 is 0. The molecule has 26 heavy (non-hydrogen) atoms. The maximum Gasteiger partial charge on any atom is 0.300 e. The molecule has 0 atom stereocenters. The summed E-state index contributed by atoms with van der Waals surface area (Å²) in [5, 5.41) is 13.5. The minimum absolute atomic E-state index is 0.0233. The number of nitriles is 1. The summed E-state index contributed by atoms with van der Waals surface area (Å²) in [5.74, 6) is -4.45. The van der Waals surface area contributed by atoms with Crippen LogP contribution in [0.15, 0.2) is 47.6 Å². The smallest absolute Gasteiger partial charge is 0.271 e. The van der Waals surface area contributed by atoms with Gasteiger partial charge in [-0.3, -0.25) is 4.99 Å². The largest absolute Gasteiger partial charge is 0.300 e. The molecule has 1 aliphatic heterocycles. The molecule has 1 aromatic carbocycles. The second kappa shape index (κ2) is 5.18. The molecule has 0 spiro atoms. The number of aliphatic imine (C=N–C) groups is 1. The van der Waals surface area contributed by atoms with Crippen LogP contribution in [0.25, 0.3) is 5.52 Å². The van der Waals surface area contributed by atoms with Crippen molar-refractivity contribution in [2.75, 3.05) is 0 Å². The third kappa shape index (κ3) is 2.02. The third-order valence-corrected chi connectivity index (χ3v) is 4.65. The average Bonchev–Trinajstić information content (AvgIpc) is 2.97. The maximum absolute atomic E-state index is 14.9. The number of benzene rings is 1. The molecule has 2 aromatic heterocycles. The zero-order valence-electron chi connectivity index (χ0n) is 14.0. The normalized spacial score (nSPS) is 17.5. The van der Waals surface area contributed by atoms with Crippen molar-refractivity contribution >= 4 is 11.2 Å². The summed E-state index contributed by atoms with van der Waals surface area (Å²) in [5.41, 5.74) is -1.02. The zero-order valence-corrected chi connectivity index (χ0v) is 14.0. The van der Waals surface area contributed by atoms with E-state index < -0.39 is 22.8 Å². The van der Waals surface area contributed by atoms with E-state index in [1.807, 2.05) is 6.07 Å². The van der Waals surface area contributed by atoms with Gasteiger partial charge < -0.3 is 0 Å². The molecule has 0 radical (unpaired) electrons. The molecule has 0 saturated carbocycles. The molecule has 3 heterocycles. The van der Waals surface area contributed by atoms with Gasteiger partial charge >= 0.3 is 5.92 Å². The highest BCUT2D eigenvalue weighted by Gasteiger charge is 2.54. The Morgan fingerprint density at radius 3 is 2.62 bits per heavy atom. The second-order valence-electron chi connectivity index (χ2n) is 6.63. The van der Waals surface area contributed by atoms with E-state index in [0.29, 0.717) is 11.1 Å². The number of halogens is 3. The Kier molecular flexibility index (Phi) is 3.25. The highest BCUT2D eigenvalue weighted by atomic mass is 19.3. The van der Waals surface area contributed by atoms with Gasteiger partial charge in [0.15, 0.2) is 0 Å². The van der Waals surface area contributed by atoms with E-state index in [0.717, 1.165) is 6.07 Å². The lowest BCUT2D eigenvalue weighted by atomic mass is 9.81. The van der Waals surface area contributed by atoms with Gasteiger partial charge in [0.05, 0.1) is 16.8 Å². The summed E-state index contributed by atoms with van der Waals surface area (Å²) < 4.78 is 45.6. The third-order valence-electron chi connectivity index (χ3n) is 4.65. The summed E-state index contributed by atoms with van der Waals surface area (Å²) in [7, 11) is 0. The van der Waals surface area contributed by atoms with E-state index in [2.05, 4.69) is 10.1 Å². The van der Waals surface area contributed by atoms with Crippen molar-refractivity contribution in [1.82, 2.24) is 9.61 Å². The van der Waals surface area contributed by atoms with Gasteiger partial charge in [-0.15, -0.1) is 0 Å². The molecule has 4 nitrogen and oxygen atoms in total. The van der Waals surface area contributed by atoms with Gasteiger partial charge in [-0.05, 0) is 38.1 Å². The molecular weight excluding hydrogens is 341 g/mol. The lowest BCUT2D eigenvalue weighted by molar-refractivity contribution is -0.0710. The van der Waals surface area contributed by atoms with Crippen LogP contribution < -0.4 is 0 Å². The summed E-state index contributed by atoms with van der Waals surface area (Å²) in [4.78, 5) is 4.27. The molecule has 0 amide bonds. The molecule has 0 unspecified atom stereocenters. The lowest BCUT2D eigenvalue weighted by Crippen LogP contribution is -2.44. The monoisotopic (exact) mass is 354 g/mol. The number of alkyl halides is 2. The van der Waals surface area contributed by atoms with Crippen molar-refractivity contribution in [2.24, 2.45) is 4.99 Å². The summed E-state index contributed by atoms with van der Waals surface area (Å²) in [6.45, 7) is 2.54. The van der Waals surface area contributed by atoms with Crippen LogP contribution in [0.5, 0.6) is 0 Å². The van der Waals surface area contributed by atoms with Gasteiger partial charge in [0.1, 0.15) is 23.1 Å². The molecular formula is C19H13F3N4. The quantitative estimate of drug-likeness (QED) is 0.662. The predicted molar refractivity (Wildman–Crippen MR) is 89.9 cm³/mol. The topological polar surface area (TPSA) is 53.5 Å². The van der Waals surface area contributed by atoms with Crippen LogP contribution in [0.3, 0.4) is 0 Å². The van der Waals surface area contributed by atoms with E-state index in [1.165, 1.54) is 42.8 Å². The molecule has 0 aliphatic carbocycles. The van der Waals surface area contributed by atoms with Crippen molar-refractivity contribution in [3.8, 4) is 6.07 Å². The molecule has 0 bridgehead atoms. The Hall–Kier alpha value is -3.14. The fourth-order valence-electron chi connectivity index (χ4n) is 3.27. The van der Waals surface area contributed by atoms with Crippen molar-refractivity contribution in [1.29, 1.82) is 5.26 Å². The Balaban J connectivity index is 2.10. The summed E-state index contributed by atoms with van der Waals surface area (Å²) in [6, 6.07) is 10.8. The number of hydrogen-bond donors (Lipinski definition) is 0. The van der Waals surface area contributed by atoms with Crippen molar-refractivity contribution in [3.63, 3.8) is 0 Å². The molecule has 0 N–H and O–H groups in total. The van der Waals surface area contributed by atoms with Gasteiger partial charge in [0.25, 0.3) is 0 Å². The van der Waals surface area contributed by atoms with Crippen LogP contribution in [-0.2, 0) is 5.92 Å². The van der Waals surface area contributed by atoms with Crippen LogP contribution in [0.2, 0.25) is 0 Å². The van der Waals surface area contributed by atoms with Gasteiger partial charge in [0, 0.05) is 17.3 Å². The van der Waals surface area contributed by atoms with Gasteiger partial charge in [-0.25, -0.2) is 8.91 Å². The fraction of sp³-hybridized carbons (Fsp3) is 0.211. The first kappa shape index (κ1) is 16.3. The van der Waals surface area contributed by atoms with Crippen LogP contribution in [0.4, 0.5) is 13.2 Å². The molecule has 130 valence electrons. The Labute approximate surface area is 147 Å². The van der Waals surface area contributed by atoms with Crippen molar-refractivity contribution in [2.45, 2.75) is 25.3 Å². The second-order valence-corrected chi connectivity index (χ2v) is 6.63. The minimum atomic E-state index is -3.47. The lowest BCUT2D eigenvalue weighted by Gasteiger charge is -2.37. The number of hydrogen-bond acceptors (Lipinski definition) is 3. The van der Waals surface area contributed by atoms with Crippen LogP contribution in [0.1, 0.15) is 36.2 Å². The molecule has 0 fully saturated rings. The predicted octanol–water partition coefficient (Wildman–Crippen LogP) is 4.07. The number of rotatable bonds is 1. The van der Waals surface area contributed by atoms with E-state index >= 15 is 0 Å². The van der Waals surface area contributed by atoms with E-state index in [1.54, 1.807) is 12.1 Å². The van der Waals surface area contributed by atoms with Crippen LogP contribution in [0, 0.1) is 17.1 Å². The first-order chi connectivity index (χ1) is 12.3. The Morgan fingerprint density at radius 2 is 1.88 bits per heavy atom.